The molecule has 5 heteroatoms. The molecule has 0 spiro atoms. The van der Waals surface area contributed by atoms with Crippen molar-refractivity contribution in [2.75, 3.05) is 11.1 Å². The summed E-state index contributed by atoms with van der Waals surface area (Å²) in [5.74, 6) is 1.15. The molecule has 1 heterocycles. The zero-order valence-electron chi connectivity index (χ0n) is 12.3. The zero-order chi connectivity index (χ0) is 14.9. The molecule has 108 valence electrons. The molecule has 0 aliphatic heterocycles. The van der Waals surface area contributed by atoms with E-state index in [-0.39, 0.29) is 6.04 Å². The van der Waals surface area contributed by atoms with E-state index in [1.54, 1.807) is 4.68 Å². The largest absolute Gasteiger partial charge is 0.394 e. The maximum Gasteiger partial charge on any atom is 0.148 e. The molecular weight excluding hydrogens is 272 g/mol. The molecule has 0 aliphatic rings. The Hall–Kier alpha value is -1.68. The Morgan fingerprint density at radius 3 is 2.55 bits per heavy atom. The first-order valence-corrected chi connectivity index (χ1v) is 7.12. The molecule has 0 fully saturated rings. The Kier molecular flexibility index (Phi) is 4.23. The summed E-state index contributed by atoms with van der Waals surface area (Å²) in [4.78, 5) is 0. The lowest BCUT2D eigenvalue weighted by atomic mass is 10.1. The topological polar surface area (TPSA) is 55.9 Å². The summed E-state index contributed by atoms with van der Waals surface area (Å²) in [7, 11) is 1.90. The van der Waals surface area contributed by atoms with Crippen molar-refractivity contribution >= 4 is 23.1 Å². The average molecular weight is 293 g/mol. The number of benzene rings is 1. The molecule has 1 atom stereocenters. The third kappa shape index (κ3) is 2.90. The summed E-state index contributed by atoms with van der Waals surface area (Å²) in [5, 5.41) is 8.62. The Morgan fingerprint density at radius 2 is 2.00 bits per heavy atom. The second-order valence-electron chi connectivity index (χ2n) is 5.35. The van der Waals surface area contributed by atoms with E-state index in [4.69, 9.17) is 17.3 Å². The SMILES string of the molecule is CC(C)c1nn(C)c(NC(C)c2cccc(Cl)c2)c1N. The van der Waals surface area contributed by atoms with Gasteiger partial charge in [-0.05, 0) is 30.5 Å². The van der Waals surface area contributed by atoms with Crippen LogP contribution in [-0.2, 0) is 7.05 Å². The highest BCUT2D eigenvalue weighted by Gasteiger charge is 2.17. The summed E-state index contributed by atoms with van der Waals surface area (Å²) in [6.45, 7) is 6.25. The smallest absolute Gasteiger partial charge is 0.148 e. The number of hydrogen-bond donors (Lipinski definition) is 2. The second-order valence-corrected chi connectivity index (χ2v) is 5.78. The van der Waals surface area contributed by atoms with Crippen molar-refractivity contribution in [2.24, 2.45) is 7.05 Å². The van der Waals surface area contributed by atoms with Crippen molar-refractivity contribution in [2.45, 2.75) is 32.7 Å². The molecule has 2 rings (SSSR count). The van der Waals surface area contributed by atoms with Crippen LogP contribution in [0.1, 0.15) is 44.0 Å². The fourth-order valence-corrected chi connectivity index (χ4v) is 2.42. The zero-order valence-corrected chi connectivity index (χ0v) is 13.1. The minimum absolute atomic E-state index is 0.103. The minimum Gasteiger partial charge on any atom is -0.394 e. The van der Waals surface area contributed by atoms with Crippen LogP contribution in [0, 0.1) is 0 Å². The monoisotopic (exact) mass is 292 g/mol. The van der Waals surface area contributed by atoms with Crippen LogP contribution in [0.5, 0.6) is 0 Å². The lowest BCUT2D eigenvalue weighted by Crippen LogP contribution is -2.11. The van der Waals surface area contributed by atoms with Crippen LogP contribution in [0.25, 0.3) is 0 Å². The van der Waals surface area contributed by atoms with Gasteiger partial charge in [0.2, 0.25) is 0 Å². The maximum atomic E-state index is 6.19. The van der Waals surface area contributed by atoms with Crippen molar-refractivity contribution < 1.29 is 0 Å². The molecule has 2 aromatic rings. The van der Waals surface area contributed by atoms with Gasteiger partial charge in [0.25, 0.3) is 0 Å². The highest BCUT2D eigenvalue weighted by Crippen LogP contribution is 2.30. The molecule has 0 bridgehead atoms. The Labute approximate surface area is 124 Å². The third-order valence-corrected chi connectivity index (χ3v) is 3.60. The van der Waals surface area contributed by atoms with Crippen molar-refractivity contribution in [3.05, 3.63) is 40.5 Å². The lowest BCUT2D eigenvalue weighted by Gasteiger charge is -2.16. The molecule has 1 aromatic heterocycles. The number of aryl methyl sites for hydroxylation is 1. The Morgan fingerprint density at radius 1 is 1.30 bits per heavy atom. The molecule has 4 nitrogen and oxygen atoms in total. The number of nitrogens with one attached hydrogen (secondary N) is 1. The summed E-state index contributed by atoms with van der Waals surface area (Å²) in [6.07, 6.45) is 0. The van der Waals surface area contributed by atoms with Gasteiger partial charge in [0.05, 0.1) is 17.4 Å². The maximum absolute atomic E-state index is 6.19. The number of anilines is 2. The molecule has 0 saturated heterocycles. The van der Waals surface area contributed by atoms with Crippen molar-refractivity contribution in [3.8, 4) is 0 Å². The first-order valence-electron chi connectivity index (χ1n) is 6.74. The second kappa shape index (κ2) is 5.75. The van der Waals surface area contributed by atoms with E-state index in [0.717, 1.165) is 27.8 Å². The molecule has 0 aliphatic carbocycles. The first kappa shape index (κ1) is 14.7. The summed E-state index contributed by atoms with van der Waals surface area (Å²) in [5.41, 5.74) is 8.95. The van der Waals surface area contributed by atoms with Crippen LogP contribution in [0.3, 0.4) is 0 Å². The molecule has 0 amide bonds. The van der Waals surface area contributed by atoms with Gasteiger partial charge in [-0.3, -0.25) is 4.68 Å². The minimum atomic E-state index is 0.103. The number of nitrogens with two attached hydrogens (primary N) is 1. The van der Waals surface area contributed by atoms with Crippen LogP contribution in [0.15, 0.2) is 24.3 Å². The Balaban J connectivity index is 2.26. The van der Waals surface area contributed by atoms with Gasteiger partial charge in [0, 0.05) is 12.1 Å². The van der Waals surface area contributed by atoms with E-state index in [1.165, 1.54) is 0 Å². The van der Waals surface area contributed by atoms with Crippen LogP contribution >= 0.6 is 11.6 Å². The summed E-state index contributed by atoms with van der Waals surface area (Å²) in [6, 6.07) is 7.91. The fraction of sp³-hybridized carbons (Fsp3) is 0.400. The highest BCUT2D eigenvalue weighted by atomic mass is 35.5. The van der Waals surface area contributed by atoms with Crippen LogP contribution in [-0.4, -0.2) is 9.78 Å². The van der Waals surface area contributed by atoms with E-state index in [0.29, 0.717) is 5.92 Å². The average Bonchev–Trinajstić information content (AvgIpc) is 2.67. The van der Waals surface area contributed by atoms with E-state index in [9.17, 15) is 0 Å². The third-order valence-electron chi connectivity index (χ3n) is 3.36. The van der Waals surface area contributed by atoms with E-state index in [2.05, 4.69) is 31.2 Å². The number of aromatic nitrogens is 2. The predicted octanol–water partition coefficient (Wildman–Crippen LogP) is 3.95. The Bertz CT molecular complexity index is 604. The summed E-state index contributed by atoms with van der Waals surface area (Å²) >= 11 is 6.03. The van der Waals surface area contributed by atoms with Gasteiger partial charge in [-0.2, -0.15) is 5.10 Å². The van der Waals surface area contributed by atoms with E-state index < -0.39 is 0 Å². The quantitative estimate of drug-likeness (QED) is 0.897. The van der Waals surface area contributed by atoms with Gasteiger partial charge >= 0.3 is 0 Å². The van der Waals surface area contributed by atoms with Gasteiger partial charge in [0.15, 0.2) is 0 Å². The molecule has 0 radical (unpaired) electrons. The molecule has 1 aromatic carbocycles. The number of rotatable bonds is 4. The molecular formula is C15H21ClN4. The number of halogens is 1. The van der Waals surface area contributed by atoms with Crippen LogP contribution in [0.2, 0.25) is 5.02 Å². The molecule has 20 heavy (non-hydrogen) atoms. The number of hydrogen-bond acceptors (Lipinski definition) is 3. The highest BCUT2D eigenvalue weighted by molar-refractivity contribution is 6.30. The number of nitrogens with zero attached hydrogens (tertiary/aromatic N) is 2. The number of nitrogen functional groups attached to an aromatic ring is 1. The van der Waals surface area contributed by atoms with Crippen molar-refractivity contribution in [3.63, 3.8) is 0 Å². The molecule has 3 N–H and O–H groups in total. The van der Waals surface area contributed by atoms with Gasteiger partial charge < -0.3 is 11.1 Å². The normalized spacial score (nSPS) is 12.7. The van der Waals surface area contributed by atoms with Crippen LogP contribution in [0.4, 0.5) is 11.5 Å². The van der Waals surface area contributed by atoms with Crippen LogP contribution < -0.4 is 11.1 Å². The van der Waals surface area contributed by atoms with E-state index >= 15 is 0 Å². The van der Waals surface area contributed by atoms with E-state index in [1.807, 2.05) is 31.3 Å². The molecule has 1 unspecified atom stereocenters. The predicted molar refractivity (Wildman–Crippen MR) is 85.2 cm³/mol. The van der Waals surface area contributed by atoms with Gasteiger partial charge in [-0.15, -0.1) is 0 Å². The van der Waals surface area contributed by atoms with Crippen molar-refractivity contribution in [1.29, 1.82) is 0 Å². The lowest BCUT2D eigenvalue weighted by molar-refractivity contribution is 0.708. The van der Waals surface area contributed by atoms with Gasteiger partial charge in [-0.25, -0.2) is 0 Å². The summed E-state index contributed by atoms with van der Waals surface area (Å²) < 4.78 is 1.80. The molecule has 0 saturated carbocycles. The fourth-order valence-electron chi connectivity index (χ4n) is 2.22. The van der Waals surface area contributed by atoms with Gasteiger partial charge in [-0.1, -0.05) is 37.6 Å². The first-order chi connectivity index (χ1) is 9.40. The van der Waals surface area contributed by atoms with Gasteiger partial charge in [0.1, 0.15) is 5.82 Å². The standard InChI is InChI=1S/C15H21ClN4/c1-9(2)14-13(17)15(20(4)19-14)18-10(3)11-6-5-7-12(16)8-11/h5-10,18H,17H2,1-4H3. The van der Waals surface area contributed by atoms with Crippen molar-refractivity contribution in [1.82, 2.24) is 9.78 Å².